The van der Waals surface area contributed by atoms with Crippen LogP contribution in [0.1, 0.15) is 6.92 Å². The van der Waals surface area contributed by atoms with Gasteiger partial charge in [0, 0.05) is 24.9 Å². The van der Waals surface area contributed by atoms with Crippen LogP contribution in [0.5, 0.6) is 11.5 Å². The lowest BCUT2D eigenvalue weighted by Gasteiger charge is -2.13. The van der Waals surface area contributed by atoms with E-state index in [4.69, 9.17) is 4.74 Å². The van der Waals surface area contributed by atoms with Gasteiger partial charge in [-0.05, 0) is 19.1 Å². The maximum atomic E-state index is 12.9. The summed E-state index contributed by atoms with van der Waals surface area (Å²) >= 11 is 0. The minimum Gasteiger partial charge on any atom is -0.395 e. The molecule has 6 nitrogen and oxygen atoms in total. The van der Waals surface area contributed by atoms with E-state index in [0.29, 0.717) is 12.3 Å². The lowest BCUT2D eigenvalue weighted by atomic mass is 10.2. The summed E-state index contributed by atoms with van der Waals surface area (Å²) in [5.74, 6) is -0.343. The van der Waals surface area contributed by atoms with Crippen molar-refractivity contribution in [3.8, 4) is 11.5 Å². The van der Waals surface area contributed by atoms with Crippen LogP contribution in [-0.2, 0) is 9.53 Å². The van der Waals surface area contributed by atoms with Gasteiger partial charge >= 0.3 is 6.29 Å². The molecule has 21 heavy (non-hydrogen) atoms. The molecule has 0 radical (unpaired) electrons. The Kier molecular flexibility index (Phi) is 4.46. The van der Waals surface area contributed by atoms with E-state index in [1.807, 2.05) is 6.92 Å². The number of carbonyl (C=O) groups excluding carboxylic acids is 1. The summed E-state index contributed by atoms with van der Waals surface area (Å²) < 4.78 is 39.2. The summed E-state index contributed by atoms with van der Waals surface area (Å²) in [6, 6.07) is 4.11. The second-order valence-electron chi connectivity index (χ2n) is 4.61. The summed E-state index contributed by atoms with van der Waals surface area (Å²) in [7, 11) is 1.54. The number of benzene rings is 1. The number of carbonyl (C=O) groups is 1. The number of fused-ring (bicyclic) bond motifs is 1. The molecule has 1 amide bonds. The Morgan fingerprint density at radius 2 is 2.10 bits per heavy atom. The first-order valence-electron chi connectivity index (χ1n) is 6.31. The molecule has 2 rings (SSSR count). The zero-order valence-electron chi connectivity index (χ0n) is 11.6. The number of ether oxygens (including phenoxy) is 3. The van der Waals surface area contributed by atoms with Crippen molar-refractivity contribution in [1.82, 2.24) is 5.32 Å². The van der Waals surface area contributed by atoms with Crippen LogP contribution in [-0.4, -0.2) is 38.5 Å². The highest BCUT2D eigenvalue weighted by molar-refractivity contribution is 5.81. The second kappa shape index (κ2) is 6.13. The lowest BCUT2D eigenvalue weighted by Crippen LogP contribution is -2.39. The Bertz CT molecular complexity index is 525. The number of amides is 1. The Morgan fingerprint density at radius 3 is 2.81 bits per heavy atom. The fraction of sp³-hybridized carbons (Fsp3) is 0.462. The van der Waals surface area contributed by atoms with E-state index in [2.05, 4.69) is 20.1 Å². The smallest absolute Gasteiger partial charge is 0.395 e. The summed E-state index contributed by atoms with van der Waals surface area (Å²) in [5, 5.41) is 5.53. The summed E-state index contributed by atoms with van der Waals surface area (Å²) in [6.07, 6.45) is -3.64. The third kappa shape index (κ3) is 4.19. The van der Waals surface area contributed by atoms with Crippen LogP contribution >= 0.6 is 0 Å². The van der Waals surface area contributed by atoms with Crippen LogP contribution in [0.4, 0.5) is 14.5 Å². The average Bonchev–Trinajstić information content (AvgIpc) is 2.69. The average molecular weight is 302 g/mol. The molecule has 0 saturated carbocycles. The first-order valence-corrected chi connectivity index (χ1v) is 6.31. The molecule has 1 heterocycles. The molecule has 116 valence electrons. The summed E-state index contributed by atoms with van der Waals surface area (Å²) in [5.41, 5.74) is 0.476. The Morgan fingerprint density at radius 1 is 1.38 bits per heavy atom. The van der Waals surface area contributed by atoms with Crippen molar-refractivity contribution in [1.29, 1.82) is 0 Å². The molecule has 0 spiro atoms. The number of halogens is 2. The predicted octanol–water partition coefficient (Wildman–Crippen LogP) is 1.57. The molecule has 1 aromatic rings. The van der Waals surface area contributed by atoms with Gasteiger partial charge in [-0.15, -0.1) is 8.78 Å². The molecule has 1 aliphatic heterocycles. The second-order valence-corrected chi connectivity index (χ2v) is 4.61. The van der Waals surface area contributed by atoms with E-state index < -0.39 is 6.29 Å². The first kappa shape index (κ1) is 15.3. The fourth-order valence-corrected chi connectivity index (χ4v) is 1.86. The van der Waals surface area contributed by atoms with Crippen molar-refractivity contribution < 1.29 is 27.8 Å². The molecule has 2 N–H and O–H groups in total. The fourth-order valence-electron chi connectivity index (χ4n) is 1.86. The molecule has 1 atom stereocenters. The zero-order chi connectivity index (χ0) is 15.5. The number of anilines is 1. The van der Waals surface area contributed by atoms with E-state index in [1.54, 1.807) is 7.11 Å². The van der Waals surface area contributed by atoms with Crippen LogP contribution in [0.15, 0.2) is 18.2 Å². The number of rotatable bonds is 6. The van der Waals surface area contributed by atoms with Gasteiger partial charge in [0.25, 0.3) is 0 Å². The van der Waals surface area contributed by atoms with Gasteiger partial charge < -0.3 is 24.8 Å². The third-order valence-corrected chi connectivity index (χ3v) is 2.68. The highest BCUT2D eigenvalue weighted by atomic mass is 19.3. The largest absolute Gasteiger partial charge is 0.586 e. The normalized spacial score (nSPS) is 16.4. The first-order chi connectivity index (χ1) is 9.89. The van der Waals surface area contributed by atoms with Crippen molar-refractivity contribution in [2.75, 3.05) is 25.6 Å². The molecule has 0 saturated heterocycles. The van der Waals surface area contributed by atoms with Gasteiger partial charge in [-0.25, -0.2) is 0 Å². The lowest BCUT2D eigenvalue weighted by molar-refractivity contribution is -0.286. The maximum Gasteiger partial charge on any atom is 0.586 e. The summed E-state index contributed by atoms with van der Waals surface area (Å²) in [4.78, 5) is 11.6. The Balaban J connectivity index is 1.86. The van der Waals surface area contributed by atoms with Crippen LogP contribution < -0.4 is 20.1 Å². The van der Waals surface area contributed by atoms with Gasteiger partial charge in [0.05, 0.1) is 13.2 Å². The van der Waals surface area contributed by atoms with Crippen molar-refractivity contribution in [2.24, 2.45) is 0 Å². The van der Waals surface area contributed by atoms with Crippen LogP contribution in [0.2, 0.25) is 0 Å². The topological polar surface area (TPSA) is 68.8 Å². The van der Waals surface area contributed by atoms with Gasteiger partial charge in [0.1, 0.15) is 0 Å². The molecule has 1 aliphatic rings. The standard InChI is InChI=1S/C13H16F2N2O4/c1-8(7-19-2)17-12(18)6-16-9-3-4-10-11(5-9)21-13(14,15)20-10/h3-5,8,16H,6-7H2,1-2H3,(H,17,18). The highest BCUT2D eigenvalue weighted by Crippen LogP contribution is 2.42. The van der Waals surface area contributed by atoms with Crippen LogP contribution in [0, 0.1) is 0 Å². The number of hydrogen-bond donors (Lipinski definition) is 2. The van der Waals surface area contributed by atoms with Crippen molar-refractivity contribution in [2.45, 2.75) is 19.3 Å². The molecule has 0 bridgehead atoms. The summed E-state index contributed by atoms with van der Waals surface area (Å²) in [6.45, 7) is 2.22. The van der Waals surface area contributed by atoms with E-state index in [0.717, 1.165) is 0 Å². The van der Waals surface area contributed by atoms with Crippen LogP contribution in [0.25, 0.3) is 0 Å². The van der Waals surface area contributed by atoms with Crippen LogP contribution in [0.3, 0.4) is 0 Å². The van der Waals surface area contributed by atoms with Gasteiger partial charge in [-0.2, -0.15) is 0 Å². The molecule has 0 aromatic heterocycles. The van der Waals surface area contributed by atoms with Gasteiger partial charge in [0.15, 0.2) is 11.5 Å². The van der Waals surface area contributed by atoms with E-state index in [1.165, 1.54) is 18.2 Å². The maximum absolute atomic E-state index is 12.9. The minimum atomic E-state index is -3.64. The molecule has 1 unspecified atom stereocenters. The number of methoxy groups -OCH3 is 1. The third-order valence-electron chi connectivity index (χ3n) is 2.68. The van der Waals surface area contributed by atoms with Gasteiger partial charge in [-0.1, -0.05) is 0 Å². The van der Waals surface area contributed by atoms with Gasteiger partial charge in [0.2, 0.25) is 5.91 Å². The molecular formula is C13H16F2N2O4. The molecule has 1 aromatic carbocycles. The molecular weight excluding hydrogens is 286 g/mol. The number of nitrogens with one attached hydrogen (secondary N) is 2. The monoisotopic (exact) mass is 302 g/mol. The van der Waals surface area contributed by atoms with E-state index in [-0.39, 0.29) is 30.0 Å². The van der Waals surface area contributed by atoms with E-state index in [9.17, 15) is 13.6 Å². The van der Waals surface area contributed by atoms with E-state index >= 15 is 0 Å². The molecule has 0 fully saturated rings. The molecule has 8 heteroatoms. The Labute approximate surface area is 120 Å². The predicted molar refractivity (Wildman–Crippen MR) is 70.6 cm³/mol. The Hall–Kier alpha value is -2.09. The highest BCUT2D eigenvalue weighted by Gasteiger charge is 2.43. The van der Waals surface area contributed by atoms with Gasteiger partial charge in [-0.3, -0.25) is 4.79 Å². The molecule has 0 aliphatic carbocycles. The quantitative estimate of drug-likeness (QED) is 0.835. The number of hydrogen-bond acceptors (Lipinski definition) is 5. The van der Waals surface area contributed by atoms with Crippen molar-refractivity contribution >= 4 is 11.6 Å². The van der Waals surface area contributed by atoms with Crippen molar-refractivity contribution in [3.05, 3.63) is 18.2 Å². The minimum absolute atomic E-state index is 0.00406. The number of alkyl halides is 2. The SMILES string of the molecule is COCC(C)NC(=O)CNc1ccc2c(c1)OC(F)(F)O2. The zero-order valence-corrected chi connectivity index (χ0v) is 11.6. The van der Waals surface area contributed by atoms with Crippen molar-refractivity contribution in [3.63, 3.8) is 0 Å².